The zero-order valence-electron chi connectivity index (χ0n) is 15.9. The molecule has 0 aliphatic heterocycles. The number of aromatic nitrogens is 2. The topological polar surface area (TPSA) is 108 Å². The first kappa shape index (κ1) is 21.7. The van der Waals surface area contributed by atoms with Crippen LogP contribution in [0.5, 0.6) is 0 Å². The van der Waals surface area contributed by atoms with Crippen molar-refractivity contribution >= 4 is 28.2 Å². The Morgan fingerprint density at radius 3 is 2.33 bits per heavy atom. The van der Waals surface area contributed by atoms with Gasteiger partial charge in [-0.15, -0.1) is 0 Å². The van der Waals surface area contributed by atoms with Crippen LogP contribution in [0.4, 0.5) is 11.4 Å². The Morgan fingerprint density at radius 1 is 0.933 bits per heavy atom. The van der Waals surface area contributed by atoms with Crippen LogP contribution in [0.25, 0.3) is 10.9 Å². The van der Waals surface area contributed by atoms with Gasteiger partial charge in [0.1, 0.15) is 0 Å². The summed E-state index contributed by atoms with van der Waals surface area (Å²) in [5.74, 6) is -0.302. The van der Waals surface area contributed by atoms with Gasteiger partial charge in [-0.1, -0.05) is 48.5 Å². The zero-order chi connectivity index (χ0) is 20.4. The number of carbonyl (C=O) groups is 1. The standard InChI is InChI=1S/C22H18N4O3.Y/c23-17-6-2-4-8-19(17)24-20(27)15-11-9-14(10-12-15)13-26-21(28)16-5-1-3-7-18(16)25-22(26)29;/h1-12H,13,23H2,(H2,24,25,27,28,29);/p-1. The van der Waals surface area contributed by atoms with E-state index in [9.17, 15) is 14.4 Å². The molecule has 0 spiro atoms. The fraction of sp³-hybridized carbons (Fsp3) is 0.0455. The van der Waals surface area contributed by atoms with Gasteiger partial charge < -0.3 is 20.6 Å². The van der Waals surface area contributed by atoms with Crippen molar-refractivity contribution in [2.24, 2.45) is 0 Å². The second kappa shape index (κ2) is 9.19. The van der Waals surface area contributed by atoms with Crippen LogP contribution in [-0.4, -0.2) is 10.5 Å². The van der Waals surface area contributed by atoms with E-state index in [4.69, 9.17) is 5.73 Å². The predicted molar refractivity (Wildman–Crippen MR) is 112 cm³/mol. The molecule has 3 aromatic carbocycles. The summed E-state index contributed by atoms with van der Waals surface area (Å²) < 4.78 is 1.09. The number of nitrogens with one attached hydrogen (secondary N) is 1. The SMILES string of the molecule is Nc1ccccc1NC(=O)c1ccc(Cn2c(=O)[n-]c3ccccc3c2=O)cc1.[Y]. The molecule has 3 N–H and O–H groups in total. The van der Waals surface area contributed by atoms with Gasteiger partial charge in [-0.05, 0) is 41.9 Å². The molecule has 0 bridgehead atoms. The Bertz CT molecular complexity index is 1330. The first-order valence-corrected chi connectivity index (χ1v) is 8.94. The van der Waals surface area contributed by atoms with Gasteiger partial charge in [-0.3, -0.25) is 14.4 Å². The molecule has 7 nitrogen and oxygen atoms in total. The monoisotopic (exact) mass is 474 g/mol. The van der Waals surface area contributed by atoms with E-state index in [1.807, 2.05) is 0 Å². The maximum atomic E-state index is 12.6. The summed E-state index contributed by atoms with van der Waals surface area (Å²) in [6.07, 6.45) is 0. The molecular formula is C22H17N4O3Y-. The Balaban J connectivity index is 0.00000256. The van der Waals surface area contributed by atoms with Gasteiger partial charge in [-0.2, -0.15) is 0 Å². The van der Waals surface area contributed by atoms with Crippen LogP contribution in [0.3, 0.4) is 0 Å². The number of rotatable bonds is 4. The molecule has 0 aliphatic carbocycles. The van der Waals surface area contributed by atoms with E-state index in [1.165, 1.54) is 0 Å². The first-order valence-electron chi connectivity index (χ1n) is 8.94. The number of amides is 1. The van der Waals surface area contributed by atoms with E-state index >= 15 is 0 Å². The fourth-order valence-electron chi connectivity index (χ4n) is 3.04. The van der Waals surface area contributed by atoms with Gasteiger partial charge in [0.05, 0.1) is 11.4 Å². The predicted octanol–water partition coefficient (Wildman–Crippen LogP) is 2.20. The van der Waals surface area contributed by atoms with Crippen molar-refractivity contribution < 1.29 is 37.5 Å². The van der Waals surface area contributed by atoms with Gasteiger partial charge in [0, 0.05) is 43.7 Å². The molecule has 0 aliphatic rings. The van der Waals surface area contributed by atoms with E-state index < -0.39 is 5.69 Å². The van der Waals surface area contributed by atoms with Crippen LogP contribution in [-0.2, 0) is 39.3 Å². The quantitative estimate of drug-likeness (QED) is 0.441. The minimum atomic E-state index is -0.602. The van der Waals surface area contributed by atoms with Crippen molar-refractivity contribution in [2.45, 2.75) is 6.54 Å². The largest absolute Gasteiger partial charge is 0.400 e. The molecule has 30 heavy (non-hydrogen) atoms. The second-order valence-electron chi connectivity index (χ2n) is 6.54. The molecule has 4 rings (SSSR count). The number of carbonyl (C=O) groups excluding carboxylic acids is 1. The van der Waals surface area contributed by atoms with Crippen LogP contribution in [0, 0.1) is 0 Å². The summed E-state index contributed by atoms with van der Waals surface area (Å²) in [4.78, 5) is 41.2. The molecule has 0 atom stereocenters. The maximum Gasteiger partial charge on any atom is 0.255 e. The summed E-state index contributed by atoms with van der Waals surface area (Å²) in [6.45, 7) is 0.0725. The van der Waals surface area contributed by atoms with Gasteiger partial charge in [0.25, 0.3) is 5.91 Å². The van der Waals surface area contributed by atoms with Crippen molar-refractivity contribution in [1.29, 1.82) is 0 Å². The maximum absolute atomic E-state index is 12.6. The van der Waals surface area contributed by atoms with E-state index in [1.54, 1.807) is 72.8 Å². The molecule has 1 amide bonds. The Hall–Kier alpha value is -3.03. The van der Waals surface area contributed by atoms with Crippen molar-refractivity contribution in [2.75, 3.05) is 11.1 Å². The Morgan fingerprint density at radius 2 is 1.60 bits per heavy atom. The smallest absolute Gasteiger partial charge is 0.255 e. The molecule has 0 saturated carbocycles. The van der Waals surface area contributed by atoms with Crippen LogP contribution in [0.15, 0.2) is 82.4 Å². The third-order valence-electron chi connectivity index (χ3n) is 4.59. The molecule has 4 aromatic rings. The van der Waals surface area contributed by atoms with Crippen molar-refractivity contribution in [3.63, 3.8) is 0 Å². The van der Waals surface area contributed by atoms with Gasteiger partial charge in [0.2, 0.25) is 0 Å². The molecule has 8 heteroatoms. The molecule has 1 radical (unpaired) electrons. The summed E-state index contributed by atoms with van der Waals surface area (Å²) in [5, 5.41) is 3.15. The van der Waals surface area contributed by atoms with Crippen molar-refractivity contribution in [3.05, 3.63) is 105 Å². The summed E-state index contributed by atoms with van der Waals surface area (Å²) in [5.41, 5.74) is 7.38. The van der Waals surface area contributed by atoms with Crippen molar-refractivity contribution in [3.8, 4) is 0 Å². The van der Waals surface area contributed by atoms with Crippen molar-refractivity contribution in [1.82, 2.24) is 9.55 Å². The summed E-state index contributed by atoms with van der Waals surface area (Å²) in [7, 11) is 0. The number of nitrogens with two attached hydrogens (primary N) is 1. The molecule has 147 valence electrons. The van der Waals surface area contributed by atoms with Crippen LogP contribution >= 0.6 is 0 Å². The summed E-state index contributed by atoms with van der Waals surface area (Å²) in [6, 6.07) is 20.4. The number of para-hydroxylation sites is 3. The number of benzene rings is 3. The average Bonchev–Trinajstić information content (AvgIpc) is 2.73. The van der Waals surface area contributed by atoms with Gasteiger partial charge in [-0.25, -0.2) is 0 Å². The molecule has 0 unspecified atom stereocenters. The normalized spacial score (nSPS) is 10.4. The zero-order valence-corrected chi connectivity index (χ0v) is 18.7. The van der Waals surface area contributed by atoms with Crippen LogP contribution in [0.2, 0.25) is 0 Å². The number of hydrogen-bond acceptors (Lipinski definition) is 4. The number of fused-ring (bicyclic) bond motifs is 1. The van der Waals surface area contributed by atoms with Crippen LogP contribution < -0.4 is 27.3 Å². The average molecular weight is 474 g/mol. The third kappa shape index (κ3) is 4.42. The molecule has 1 heterocycles. The van der Waals surface area contributed by atoms with E-state index in [0.29, 0.717) is 33.4 Å². The van der Waals surface area contributed by atoms with E-state index in [0.717, 1.165) is 4.57 Å². The Labute approximate surface area is 196 Å². The first-order chi connectivity index (χ1) is 14.0. The van der Waals surface area contributed by atoms with E-state index in [-0.39, 0.29) is 50.7 Å². The van der Waals surface area contributed by atoms with Gasteiger partial charge >= 0.3 is 0 Å². The Kier molecular flexibility index (Phi) is 6.64. The van der Waals surface area contributed by atoms with Crippen LogP contribution in [0.1, 0.15) is 15.9 Å². The number of nitrogen functional groups attached to an aromatic ring is 1. The molecule has 0 fully saturated rings. The minimum Gasteiger partial charge on any atom is -0.400 e. The second-order valence-corrected chi connectivity index (χ2v) is 6.54. The number of anilines is 2. The molecule has 1 aromatic heterocycles. The number of nitrogens with zero attached hydrogens (tertiary/aromatic N) is 2. The minimum absolute atomic E-state index is 0. The third-order valence-corrected chi connectivity index (χ3v) is 4.59. The molecule has 0 saturated heterocycles. The van der Waals surface area contributed by atoms with Gasteiger partial charge in [0.15, 0.2) is 11.2 Å². The summed E-state index contributed by atoms with van der Waals surface area (Å²) >= 11 is 0. The number of hydrogen-bond donors (Lipinski definition) is 2. The molecular weight excluding hydrogens is 457 g/mol. The fourth-order valence-corrected chi connectivity index (χ4v) is 3.04. The van der Waals surface area contributed by atoms with E-state index in [2.05, 4.69) is 10.3 Å².